The zero-order valence-electron chi connectivity index (χ0n) is 15.3. The maximum Gasteiger partial charge on any atom is 0.261 e. The fraction of sp³-hybridized carbons (Fsp3) is 0.350. The first-order valence-corrected chi connectivity index (χ1v) is 9.67. The van der Waals surface area contributed by atoms with Gasteiger partial charge in [0.1, 0.15) is 0 Å². The number of nitrogens with zero attached hydrogens (tertiary/aromatic N) is 1. The Labute approximate surface area is 168 Å². The summed E-state index contributed by atoms with van der Waals surface area (Å²) < 4.78 is 10.8. The van der Waals surface area contributed by atoms with E-state index in [1.807, 2.05) is 24.3 Å². The fourth-order valence-corrected chi connectivity index (χ4v) is 3.19. The smallest absolute Gasteiger partial charge is 0.261 e. The molecule has 3 amide bonds. The van der Waals surface area contributed by atoms with Crippen LogP contribution < -0.4 is 5.32 Å². The molecule has 0 unspecified atom stereocenters. The second kappa shape index (κ2) is 9.68. The highest BCUT2D eigenvalue weighted by Crippen LogP contribution is 2.29. The molecule has 3 rings (SSSR count). The van der Waals surface area contributed by atoms with Crippen molar-refractivity contribution in [3.63, 3.8) is 0 Å². The number of benzene rings is 2. The molecule has 28 heavy (non-hydrogen) atoms. The lowest BCUT2D eigenvalue weighted by atomic mass is 9.94. The Morgan fingerprint density at radius 3 is 2.14 bits per heavy atom. The zero-order chi connectivity index (χ0) is 19.9. The Morgan fingerprint density at radius 1 is 0.929 bits per heavy atom. The van der Waals surface area contributed by atoms with Crippen molar-refractivity contribution in [2.75, 3.05) is 45.3 Å². The van der Waals surface area contributed by atoms with Gasteiger partial charge in [-0.05, 0) is 17.5 Å². The summed E-state index contributed by atoms with van der Waals surface area (Å²) in [5, 5.41) is 4.24. The molecule has 1 N–H and O–H groups in total. The number of thiol groups is 1. The van der Waals surface area contributed by atoms with Crippen LogP contribution in [-0.4, -0.2) is 67.9 Å². The Balaban J connectivity index is 1.44. The average molecular weight is 402 g/mol. The SMILES string of the molecule is O=C(CS)NCCOCCOCCN1C(=O)c2cccc3cccc(c23)C1=O. The Bertz CT molecular complexity index is 835. The van der Waals surface area contributed by atoms with Gasteiger partial charge in [-0.3, -0.25) is 19.3 Å². The monoisotopic (exact) mass is 402 g/mol. The Hall–Kier alpha value is -2.42. The van der Waals surface area contributed by atoms with Gasteiger partial charge in [0, 0.05) is 23.1 Å². The van der Waals surface area contributed by atoms with Gasteiger partial charge in [-0.2, -0.15) is 12.6 Å². The van der Waals surface area contributed by atoms with Gasteiger partial charge in [0.05, 0.1) is 38.7 Å². The molecule has 2 aromatic rings. The lowest BCUT2D eigenvalue weighted by Crippen LogP contribution is -2.42. The van der Waals surface area contributed by atoms with Crippen LogP contribution in [0, 0.1) is 0 Å². The van der Waals surface area contributed by atoms with Crippen molar-refractivity contribution in [2.24, 2.45) is 0 Å². The molecule has 1 heterocycles. The standard InChI is InChI=1S/C20H22N2O5S/c23-17(13-28)21-7-9-26-11-12-27-10-8-22-19(24)15-5-1-3-14-4-2-6-16(18(14)15)20(22)25/h1-6,28H,7-13H2,(H,21,23). The Kier molecular flexibility index (Phi) is 7.02. The molecule has 1 aliphatic heterocycles. The number of rotatable bonds is 10. The zero-order valence-corrected chi connectivity index (χ0v) is 16.2. The third-order valence-electron chi connectivity index (χ3n) is 4.40. The van der Waals surface area contributed by atoms with Crippen molar-refractivity contribution in [3.05, 3.63) is 47.5 Å². The summed E-state index contributed by atoms with van der Waals surface area (Å²) >= 11 is 3.86. The van der Waals surface area contributed by atoms with E-state index in [2.05, 4.69) is 17.9 Å². The lowest BCUT2D eigenvalue weighted by molar-refractivity contribution is -0.118. The van der Waals surface area contributed by atoms with Crippen molar-refractivity contribution in [1.29, 1.82) is 0 Å². The number of carbonyl (C=O) groups excluding carboxylic acids is 3. The van der Waals surface area contributed by atoms with E-state index in [-0.39, 0.29) is 36.6 Å². The van der Waals surface area contributed by atoms with Crippen LogP contribution in [0.1, 0.15) is 20.7 Å². The minimum absolute atomic E-state index is 0.142. The highest BCUT2D eigenvalue weighted by Gasteiger charge is 2.32. The molecular weight excluding hydrogens is 380 g/mol. The predicted molar refractivity (Wildman–Crippen MR) is 108 cm³/mol. The second-order valence-corrected chi connectivity index (χ2v) is 6.52. The summed E-state index contributed by atoms with van der Waals surface area (Å²) in [7, 11) is 0. The first-order chi connectivity index (χ1) is 13.6. The van der Waals surface area contributed by atoms with Crippen LogP contribution >= 0.6 is 12.6 Å². The van der Waals surface area contributed by atoms with E-state index in [4.69, 9.17) is 9.47 Å². The molecule has 7 nitrogen and oxygen atoms in total. The number of ether oxygens (including phenoxy) is 2. The van der Waals surface area contributed by atoms with Crippen molar-refractivity contribution in [1.82, 2.24) is 10.2 Å². The van der Waals surface area contributed by atoms with E-state index < -0.39 is 0 Å². The molecule has 0 radical (unpaired) electrons. The highest BCUT2D eigenvalue weighted by molar-refractivity contribution is 7.81. The molecule has 0 spiro atoms. The average Bonchev–Trinajstić information content (AvgIpc) is 2.72. The van der Waals surface area contributed by atoms with Gasteiger partial charge in [0.25, 0.3) is 11.8 Å². The third kappa shape index (κ3) is 4.52. The van der Waals surface area contributed by atoms with Gasteiger partial charge >= 0.3 is 0 Å². The Morgan fingerprint density at radius 2 is 1.54 bits per heavy atom. The molecule has 0 fully saturated rings. The summed E-state index contributed by atoms with van der Waals surface area (Å²) in [6.07, 6.45) is 0. The van der Waals surface area contributed by atoms with Crippen LogP contribution in [0.15, 0.2) is 36.4 Å². The second-order valence-electron chi connectivity index (χ2n) is 6.20. The van der Waals surface area contributed by atoms with E-state index in [1.54, 1.807) is 12.1 Å². The summed E-state index contributed by atoms with van der Waals surface area (Å²) in [4.78, 5) is 37.7. The van der Waals surface area contributed by atoms with E-state index in [0.717, 1.165) is 10.8 Å². The van der Waals surface area contributed by atoms with Crippen molar-refractivity contribution in [3.8, 4) is 0 Å². The van der Waals surface area contributed by atoms with Gasteiger partial charge in [0.15, 0.2) is 0 Å². The van der Waals surface area contributed by atoms with Crippen LogP contribution in [0.3, 0.4) is 0 Å². The first kappa shape index (κ1) is 20.3. The normalized spacial score (nSPS) is 13.2. The molecule has 0 saturated heterocycles. The molecule has 1 aliphatic rings. The van der Waals surface area contributed by atoms with Crippen molar-refractivity contribution in [2.45, 2.75) is 0 Å². The molecule has 0 aliphatic carbocycles. The largest absolute Gasteiger partial charge is 0.377 e. The van der Waals surface area contributed by atoms with Gasteiger partial charge in [0.2, 0.25) is 5.91 Å². The topological polar surface area (TPSA) is 84.9 Å². The maximum atomic E-state index is 12.7. The lowest BCUT2D eigenvalue weighted by Gasteiger charge is -2.27. The number of hydrogen-bond acceptors (Lipinski definition) is 6. The number of hydrogen-bond donors (Lipinski definition) is 2. The van der Waals surface area contributed by atoms with E-state index >= 15 is 0 Å². The number of amides is 3. The third-order valence-corrected chi connectivity index (χ3v) is 4.69. The van der Waals surface area contributed by atoms with Gasteiger partial charge in [-0.25, -0.2) is 0 Å². The van der Waals surface area contributed by atoms with Crippen LogP contribution in [0.2, 0.25) is 0 Å². The van der Waals surface area contributed by atoms with E-state index in [0.29, 0.717) is 37.5 Å². The maximum absolute atomic E-state index is 12.7. The molecule has 0 saturated carbocycles. The number of carbonyl (C=O) groups is 3. The van der Waals surface area contributed by atoms with Crippen molar-refractivity contribution < 1.29 is 23.9 Å². The van der Waals surface area contributed by atoms with Crippen LogP contribution in [0.4, 0.5) is 0 Å². The molecule has 0 bridgehead atoms. The summed E-state index contributed by atoms with van der Waals surface area (Å²) in [6.45, 7) is 1.91. The molecule has 0 aromatic heterocycles. The molecule has 0 atom stereocenters. The van der Waals surface area contributed by atoms with Gasteiger partial charge < -0.3 is 14.8 Å². The minimum atomic E-state index is -0.297. The van der Waals surface area contributed by atoms with Crippen molar-refractivity contribution >= 4 is 41.1 Å². The van der Waals surface area contributed by atoms with Crippen LogP contribution in [0.25, 0.3) is 10.8 Å². The first-order valence-electron chi connectivity index (χ1n) is 9.04. The molecular formula is C20H22N2O5S. The minimum Gasteiger partial charge on any atom is -0.377 e. The summed E-state index contributed by atoms with van der Waals surface area (Å²) in [6, 6.07) is 10.9. The molecule has 2 aromatic carbocycles. The van der Waals surface area contributed by atoms with Crippen LogP contribution in [-0.2, 0) is 14.3 Å². The predicted octanol–water partition coefficient (Wildman–Crippen LogP) is 1.51. The molecule has 148 valence electrons. The summed E-state index contributed by atoms with van der Waals surface area (Å²) in [5.41, 5.74) is 1.08. The number of nitrogens with one attached hydrogen (secondary N) is 1. The highest BCUT2D eigenvalue weighted by atomic mass is 32.1. The fourth-order valence-electron chi connectivity index (χ4n) is 3.08. The van der Waals surface area contributed by atoms with Gasteiger partial charge in [-0.1, -0.05) is 24.3 Å². The van der Waals surface area contributed by atoms with Crippen LogP contribution in [0.5, 0.6) is 0 Å². The quantitative estimate of drug-likeness (QED) is 0.358. The van der Waals surface area contributed by atoms with E-state index in [1.165, 1.54) is 4.90 Å². The molecule has 8 heteroatoms. The summed E-state index contributed by atoms with van der Waals surface area (Å²) in [5.74, 6) is -0.588. The van der Waals surface area contributed by atoms with Gasteiger partial charge in [-0.15, -0.1) is 0 Å². The van der Waals surface area contributed by atoms with E-state index in [9.17, 15) is 14.4 Å². The number of imide groups is 1.